The Morgan fingerprint density at radius 2 is 1.95 bits per heavy atom. The van der Waals surface area contributed by atoms with Gasteiger partial charge in [0.1, 0.15) is 11.3 Å². The van der Waals surface area contributed by atoms with Crippen LogP contribution in [0, 0.1) is 0 Å². The second-order valence-electron chi connectivity index (χ2n) is 10.0. The van der Waals surface area contributed by atoms with Crippen LogP contribution in [0.15, 0.2) is 42.6 Å². The molecule has 0 spiro atoms. The second-order valence-corrected chi connectivity index (χ2v) is 10.0. The van der Waals surface area contributed by atoms with Crippen molar-refractivity contribution in [3.8, 4) is 17.0 Å². The van der Waals surface area contributed by atoms with Gasteiger partial charge in [-0.25, -0.2) is 14.6 Å². The van der Waals surface area contributed by atoms with Gasteiger partial charge in [-0.2, -0.15) is 0 Å². The highest BCUT2D eigenvalue weighted by Gasteiger charge is 2.28. The van der Waals surface area contributed by atoms with Crippen molar-refractivity contribution in [2.45, 2.75) is 33.4 Å². The van der Waals surface area contributed by atoms with E-state index in [4.69, 9.17) is 14.5 Å². The van der Waals surface area contributed by atoms with Gasteiger partial charge in [-0.15, -0.1) is 5.10 Å². The minimum atomic E-state index is -0.0526. The number of aromatic nitrogens is 5. The summed E-state index contributed by atoms with van der Waals surface area (Å²) in [4.78, 5) is 26.0. The highest BCUT2D eigenvalue weighted by molar-refractivity contribution is 5.99. The Morgan fingerprint density at radius 1 is 1.10 bits per heavy atom. The summed E-state index contributed by atoms with van der Waals surface area (Å²) in [5.41, 5.74) is 6.11. The maximum atomic E-state index is 12.6. The van der Waals surface area contributed by atoms with Gasteiger partial charge >= 0.3 is 0 Å². The zero-order chi connectivity index (χ0) is 26.9. The van der Waals surface area contributed by atoms with E-state index in [1.54, 1.807) is 11.1 Å². The molecule has 2 aromatic heterocycles. The number of fused-ring (bicyclic) bond motifs is 2. The fourth-order valence-corrected chi connectivity index (χ4v) is 5.11. The number of rotatable bonds is 7. The quantitative estimate of drug-likeness (QED) is 0.383. The topological polar surface area (TPSA) is 111 Å². The standard InChI is InChI=1S/C28H32N8O3/c1-4-35-25-15-21(13-20(27(25)39-17-26(35)37)16-34-9-11-38-12-10-34)30-28-29-8-7-22(31-28)19-5-6-23-24(14-19)36(18(2)3)33-32-23/h5-8,13-15,18H,4,9-12,16-17H2,1-3H3,(H,29,30,31). The Hall–Kier alpha value is -4.09. The molecule has 11 nitrogen and oxygen atoms in total. The van der Waals surface area contributed by atoms with E-state index in [0.717, 1.165) is 58.1 Å². The largest absolute Gasteiger partial charge is 0.481 e. The zero-order valence-corrected chi connectivity index (χ0v) is 22.4. The summed E-state index contributed by atoms with van der Waals surface area (Å²) in [5, 5.41) is 11.9. The zero-order valence-electron chi connectivity index (χ0n) is 22.4. The van der Waals surface area contributed by atoms with E-state index in [9.17, 15) is 4.79 Å². The van der Waals surface area contributed by atoms with Crippen molar-refractivity contribution in [2.75, 3.05) is 49.7 Å². The molecule has 2 aromatic carbocycles. The molecule has 0 saturated carbocycles. The number of benzene rings is 2. The molecule has 11 heteroatoms. The molecule has 4 aromatic rings. The van der Waals surface area contributed by atoms with Crippen LogP contribution in [0.25, 0.3) is 22.3 Å². The summed E-state index contributed by atoms with van der Waals surface area (Å²) in [6.07, 6.45) is 1.74. The molecule has 0 unspecified atom stereocenters. The minimum Gasteiger partial charge on any atom is -0.481 e. The number of likely N-dealkylation sites (N-methyl/N-ethyl adjacent to an activating group) is 1. The average molecular weight is 529 g/mol. The van der Waals surface area contributed by atoms with Gasteiger partial charge in [-0.1, -0.05) is 11.3 Å². The maximum absolute atomic E-state index is 12.6. The van der Waals surface area contributed by atoms with Gasteiger partial charge in [0, 0.05) is 55.2 Å². The Balaban J connectivity index is 1.34. The van der Waals surface area contributed by atoms with Crippen LogP contribution < -0.4 is 15.0 Å². The number of nitrogens with zero attached hydrogens (tertiary/aromatic N) is 7. The first-order valence-corrected chi connectivity index (χ1v) is 13.4. The van der Waals surface area contributed by atoms with E-state index < -0.39 is 0 Å². The van der Waals surface area contributed by atoms with Gasteiger partial charge in [0.05, 0.1) is 30.1 Å². The SMILES string of the molecule is CCN1C(=O)COc2c(CN3CCOCC3)cc(Nc3nccc(-c4ccc5nnn(C(C)C)c5c4)n3)cc21. The molecule has 1 N–H and O–H groups in total. The van der Waals surface area contributed by atoms with Crippen molar-refractivity contribution in [3.63, 3.8) is 0 Å². The molecule has 202 valence electrons. The van der Waals surface area contributed by atoms with Crippen LogP contribution in [0.1, 0.15) is 32.4 Å². The van der Waals surface area contributed by atoms with Crippen LogP contribution in [0.2, 0.25) is 0 Å². The highest BCUT2D eigenvalue weighted by atomic mass is 16.5. The van der Waals surface area contributed by atoms with Crippen molar-refractivity contribution in [1.82, 2.24) is 29.9 Å². The number of carbonyl (C=O) groups is 1. The second kappa shape index (κ2) is 10.6. The summed E-state index contributed by atoms with van der Waals surface area (Å²) < 4.78 is 13.4. The molecule has 1 amide bonds. The fraction of sp³-hybridized carbons (Fsp3) is 0.393. The van der Waals surface area contributed by atoms with Crippen LogP contribution >= 0.6 is 0 Å². The number of ether oxygens (including phenoxy) is 2. The highest BCUT2D eigenvalue weighted by Crippen LogP contribution is 2.39. The maximum Gasteiger partial charge on any atom is 0.265 e. The van der Waals surface area contributed by atoms with Gasteiger partial charge in [0.25, 0.3) is 5.91 Å². The normalized spacial score (nSPS) is 16.0. The van der Waals surface area contributed by atoms with E-state index in [1.165, 1.54) is 0 Å². The Kier molecular flexibility index (Phi) is 6.84. The monoisotopic (exact) mass is 528 g/mol. The lowest BCUT2D eigenvalue weighted by molar-refractivity contribution is -0.121. The van der Waals surface area contributed by atoms with Crippen LogP contribution in [0.4, 0.5) is 17.3 Å². The third kappa shape index (κ3) is 5.02. The molecule has 6 rings (SSSR count). The molecule has 0 radical (unpaired) electrons. The van der Waals surface area contributed by atoms with Gasteiger partial charge < -0.3 is 19.7 Å². The number of amides is 1. The van der Waals surface area contributed by atoms with Crippen molar-refractivity contribution in [1.29, 1.82) is 0 Å². The molecule has 0 bridgehead atoms. The fourth-order valence-electron chi connectivity index (χ4n) is 5.11. The van der Waals surface area contributed by atoms with Gasteiger partial charge in [-0.3, -0.25) is 9.69 Å². The van der Waals surface area contributed by atoms with Crippen LogP contribution in [0.3, 0.4) is 0 Å². The predicted molar refractivity (Wildman–Crippen MR) is 148 cm³/mol. The van der Waals surface area contributed by atoms with E-state index in [2.05, 4.69) is 51.5 Å². The Bertz CT molecular complexity index is 1510. The number of morpholine rings is 1. The first-order valence-electron chi connectivity index (χ1n) is 13.4. The third-order valence-electron chi connectivity index (χ3n) is 7.06. The van der Waals surface area contributed by atoms with Gasteiger partial charge in [0.15, 0.2) is 6.61 Å². The van der Waals surface area contributed by atoms with E-state index in [0.29, 0.717) is 32.3 Å². The smallest absolute Gasteiger partial charge is 0.265 e. The van der Waals surface area contributed by atoms with Crippen molar-refractivity contribution >= 4 is 34.3 Å². The van der Waals surface area contributed by atoms with E-state index >= 15 is 0 Å². The average Bonchev–Trinajstić information content (AvgIpc) is 3.37. The van der Waals surface area contributed by atoms with Crippen LogP contribution in [0.5, 0.6) is 5.75 Å². The molecule has 2 aliphatic heterocycles. The Morgan fingerprint density at radius 3 is 2.74 bits per heavy atom. The molecule has 1 fully saturated rings. The summed E-state index contributed by atoms with van der Waals surface area (Å²) in [5.74, 6) is 1.17. The van der Waals surface area contributed by atoms with Crippen LogP contribution in [-0.2, 0) is 16.1 Å². The number of hydrogen-bond donors (Lipinski definition) is 1. The van der Waals surface area contributed by atoms with Crippen molar-refractivity contribution < 1.29 is 14.3 Å². The lowest BCUT2D eigenvalue weighted by atomic mass is 10.1. The molecular weight excluding hydrogens is 496 g/mol. The minimum absolute atomic E-state index is 0.0461. The summed E-state index contributed by atoms with van der Waals surface area (Å²) in [6.45, 7) is 10.6. The van der Waals surface area contributed by atoms with E-state index in [-0.39, 0.29) is 18.6 Å². The molecule has 2 aliphatic rings. The van der Waals surface area contributed by atoms with Crippen molar-refractivity contribution in [2.24, 2.45) is 0 Å². The molecule has 0 aliphatic carbocycles. The number of anilines is 3. The van der Waals surface area contributed by atoms with Crippen molar-refractivity contribution in [3.05, 3.63) is 48.2 Å². The lowest BCUT2D eigenvalue weighted by Crippen LogP contribution is -2.40. The third-order valence-corrected chi connectivity index (χ3v) is 7.06. The number of carbonyl (C=O) groups excluding carboxylic acids is 1. The lowest BCUT2D eigenvalue weighted by Gasteiger charge is -2.32. The van der Waals surface area contributed by atoms with E-state index in [1.807, 2.05) is 35.9 Å². The number of nitrogens with one attached hydrogen (secondary N) is 1. The van der Waals surface area contributed by atoms with Gasteiger partial charge in [0.2, 0.25) is 5.95 Å². The molecule has 1 saturated heterocycles. The van der Waals surface area contributed by atoms with Gasteiger partial charge in [-0.05, 0) is 51.1 Å². The number of hydrogen-bond acceptors (Lipinski definition) is 9. The predicted octanol–water partition coefficient (Wildman–Crippen LogP) is 3.79. The Labute approximate surface area is 226 Å². The molecule has 4 heterocycles. The summed E-state index contributed by atoms with van der Waals surface area (Å²) in [7, 11) is 0. The first kappa shape index (κ1) is 25.2. The molecule has 0 atom stereocenters. The van der Waals surface area contributed by atoms with Crippen LogP contribution in [-0.4, -0.2) is 75.2 Å². The molecular formula is C28H32N8O3. The summed E-state index contributed by atoms with van der Waals surface area (Å²) >= 11 is 0. The first-order chi connectivity index (χ1) is 19.0. The summed E-state index contributed by atoms with van der Waals surface area (Å²) in [6, 6.07) is 12.1. The molecule has 39 heavy (non-hydrogen) atoms.